The number of rotatable bonds is 5. The predicted molar refractivity (Wildman–Crippen MR) is 66.4 cm³/mol. The van der Waals surface area contributed by atoms with Gasteiger partial charge in [-0.25, -0.2) is 0 Å². The first kappa shape index (κ1) is 12.5. The summed E-state index contributed by atoms with van der Waals surface area (Å²) in [7, 11) is 4.10. The Balaban J connectivity index is 2.88. The highest BCUT2D eigenvalue weighted by Gasteiger charge is 2.14. The summed E-state index contributed by atoms with van der Waals surface area (Å²) in [4.78, 5) is 2.31. The van der Waals surface area contributed by atoms with E-state index in [0.29, 0.717) is 6.04 Å². The Labute approximate surface area is 97.2 Å². The average Bonchev–Trinajstić information content (AvgIpc) is 2.25. The molecule has 1 unspecified atom stereocenters. The van der Waals surface area contributed by atoms with Crippen LogP contribution < -0.4 is 5.32 Å². The van der Waals surface area contributed by atoms with E-state index in [-0.39, 0.29) is 0 Å². The lowest BCUT2D eigenvalue weighted by molar-refractivity contribution is 0.254. The van der Waals surface area contributed by atoms with Gasteiger partial charge in [-0.3, -0.25) is 4.90 Å². The van der Waals surface area contributed by atoms with Crippen LogP contribution in [0.25, 0.3) is 0 Å². The van der Waals surface area contributed by atoms with Crippen molar-refractivity contribution >= 4 is 11.6 Å². The lowest BCUT2D eigenvalue weighted by Crippen LogP contribution is -2.31. The van der Waals surface area contributed by atoms with Gasteiger partial charge in [-0.15, -0.1) is 0 Å². The first-order valence-electron chi connectivity index (χ1n) is 5.29. The molecule has 0 spiro atoms. The molecule has 0 amide bonds. The molecule has 84 valence electrons. The van der Waals surface area contributed by atoms with Gasteiger partial charge in [0.25, 0.3) is 0 Å². The summed E-state index contributed by atoms with van der Waals surface area (Å²) in [6, 6.07) is 8.46. The van der Waals surface area contributed by atoms with Gasteiger partial charge in [0.2, 0.25) is 0 Å². The lowest BCUT2D eigenvalue weighted by Gasteiger charge is -2.27. The van der Waals surface area contributed by atoms with Crippen molar-refractivity contribution in [2.75, 3.05) is 27.2 Å². The third-order valence-corrected chi connectivity index (χ3v) is 2.90. The summed E-state index contributed by atoms with van der Waals surface area (Å²) in [5.74, 6) is 0. The fraction of sp³-hybridized carbons (Fsp3) is 0.500. The highest BCUT2D eigenvalue weighted by atomic mass is 35.5. The van der Waals surface area contributed by atoms with E-state index in [0.717, 1.165) is 18.1 Å². The monoisotopic (exact) mass is 226 g/mol. The fourth-order valence-electron chi connectivity index (χ4n) is 1.66. The van der Waals surface area contributed by atoms with Crippen molar-refractivity contribution in [3.05, 3.63) is 34.9 Å². The van der Waals surface area contributed by atoms with E-state index in [4.69, 9.17) is 11.6 Å². The zero-order chi connectivity index (χ0) is 11.3. The Morgan fingerprint density at radius 2 is 2.20 bits per heavy atom. The highest BCUT2D eigenvalue weighted by molar-refractivity contribution is 6.30. The maximum atomic E-state index is 6.00. The molecule has 0 bridgehead atoms. The van der Waals surface area contributed by atoms with E-state index in [2.05, 4.69) is 30.3 Å². The molecule has 15 heavy (non-hydrogen) atoms. The summed E-state index contributed by atoms with van der Waals surface area (Å²) in [5.41, 5.74) is 1.27. The van der Waals surface area contributed by atoms with Crippen molar-refractivity contribution in [3.8, 4) is 0 Å². The molecule has 0 aliphatic heterocycles. The van der Waals surface area contributed by atoms with Crippen LogP contribution in [0.3, 0.4) is 0 Å². The molecule has 3 heteroatoms. The Kier molecular flexibility index (Phi) is 5.09. The molecule has 1 atom stereocenters. The van der Waals surface area contributed by atoms with Crippen molar-refractivity contribution in [1.29, 1.82) is 0 Å². The zero-order valence-electron chi connectivity index (χ0n) is 9.63. The van der Waals surface area contributed by atoms with E-state index in [1.54, 1.807) is 0 Å². The van der Waals surface area contributed by atoms with Gasteiger partial charge in [0.1, 0.15) is 0 Å². The molecule has 1 rings (SSSR count). The van der Waals surface area contributed by atoms with E-state index >= 15 is 0 Å². The van der Waals surface area contributed by atoms with Crippen LogP contribution in [0.5, 0.6) is 0 Å². The van der Waals surface area contributed by atoms with Crippen LogP contribution in [-0.4, -0.2) is 32.1 Å². The Morgan fingerprint density at radius 3 is 2.73 bits per heavy atom. The van der Waals surface area contributed by atoms with E-state index in [1.807, 2.05) is 25.2 Å². The first-order valence-corrected chi connectivity index (χ1v) is 5.67. The first-order chi connectivity index (χ1) is 7.19. The van der Waals surface area contributed by atoms with Crippen molar-refractivity contribution in [3.63, 3.8) is 0 Å². The Morgan fingerprint density at radius 1 is 1.47 bits per heavy atom. The second-order valence-corrected chi connectivity index (χ2v) is 4.14. The molecule has 2 nitrogen and oxygen atoms in total. The standard InChI is InChI=1S/C12H19ClN2/c1-4-15(3)12(9-14-2)10-6-5-7-11(13)8-10/h5-8,12,14H,4,9H2,1-3H3. The van der Waals surface area contributed by atoms with Gasteiger partial charge >= 0.3 is 0 Å². The SMILES string of the molecule is CCN(C)C(CNC)c1cccc(Cl)c1. The summed E-state index contributed by atoms with van der Waals surface area (Å²) in [5, 5.41) is 4.02. The number of hydrogen-bond donors (Lipinski definition) is 1. The van der Waals surface area contributed by atoms with Crippen LogP contribution in [0.15, 0.2) is 24.3 Å². The van der Waals surface area contributed by atoms with Gasteiger partial charge in [0.05, 0.1) is 0 Å². The third kappa shape index (κ3) is 3.49. The van der Waals surface area contributed by atoms with Crippen LogP contribution in [0.4, 0.5) is 0 Å². The number of likely N-dealkylation sites (N-methyl/N-ethyl adjacent to an activating group) is 2. The molecule has 1 aromatic rings. The molecule has 0 saturated carbocycles. The predicted octanol–water partition coefficient (Wildman–Crippen LogP) is 2.55. The fourth-order valence-corrected chi connectivity index (χ4v) is 1.85. The molecule has 0 saturated heterocycles. The second-order valence-electron chi connectivity index (χ2n) is 3.70. The third-order valence-electron chi connectivity index (χ3n) is 2.66. The molecular weight excluding hydrogens is 208 g/mol. The van der Waals surface area contributed by atoms with Crippen LogP contribution >= 0.6 is 11.6 Å². The number of halogens is 1. The molecule has 0 aromatic heterocycles. The van der Waals surface area contributed by atoms with Gasteiger partial charge in [0.15, 0.2) is 0 Å². The molecule has 1 N–H and O–H groups in total. The molecular formula is C12H19ClN2. The number of nitrogens with zero attached hydrogens (tertiary/aromatic N) is 1. The molecule has 0 aliphatic rings. The maximum absolute atomic E-state index is 6.00. The van der Waals surface area contributed by atoms with E-state index in [9.17, 15) is 0 Å². The smallest absolute Gasteiger partial charge is 0.0469 e. The Bertz CT molecular complexity index is 301. The highest BCUT2D eigenvalue weighted by Crippen LogP contribution is 2.21. The van der Waals surface area contributed by atoms with E-state index in [1.165, 1.54) is 5.56 Å². The summed E-state index contributed by atoms with van der Waals surface area (Å²) < 4.78 is 0. The molecule has 1 aromatic carbocycles. The average molecular weight is 227 g/mol. The van der Waals surface area contributed by atoms with Gasteiger partial charge < -0.3 is 5.32 Å². The molecule has 0 heterocycles. The minimum atomic E-state index is 0.388. The normalized spacial score (nSPS) is 13.1. The van der Waals surface area contributed by atoms with Crippen molar-refractivity contribution in [1.82, 2.24) is 10.2 Å². The minimum absolute atomic E-state index is 0.388. The molecule has 0 fully saturated rings. The van der Waals surface area contributed by atoms with Crippen LogP contribution in [0.1, 0.15) is 18.5 Å². The molecule has 0 aliphatic carbocycles. The summed E-state index contributed by atoms with van der Waals surface area (Å²) in [6.45, 7) is 4.12. The summed E-state index contributed by atoms with van der Waals surface area (Å²) >= 11 is 6.00. The zero-order valence-corrected chi connectivity index (χ0v) is 10.4. The van der Waals surface area contributed by atoms with Crippen LogP contribution in [0.2, 0.25) is 5.02 Å². The van der Waals surface area contributed by atoms with Crippen molar-refractivity contribution in [2.45, 2.75) is 13.0 Å². The second kappa shape index (κ2) is 6.11. The van der Waals surface area contributed by atoms with Gasteiger partial charge in [-0.1, -0.05) is 30.7 Å². The lowest BCUT2D eigenvalue weighted by atomic mass is 10.1. The van der Waals surface area contributed by atoms with Crippen LogP contribution in [-0.2, 0) is 0 Å². The van der Waals surface area contributed by atoms with Gasteiger partial charge in [-0.05, 0) is 38.3 Å². The van der Waals surface area contributed by atoms with Crippen molar-refractivity contribution in [2.24, 2.45) is 0 Å². The van der Waals surface area contributed by atoms with E-state index < -0.39 is 0 Å². The van der Waals surface area contributed by atoms with Gasteiger partial charge in [0, 0.05) is 17.6 Å². The number of nitrogens with one attached hydrogen (secondary N) is 1. The maximum Gasteiger partial charge on any atom is 0.0469 e. The topological polar surface area (TPSA) is 15.3 Å². The summed E-state index contributed by atoms with van der Waals surface area (Å²) in [6.07, 6.45) is 0. The van der Waals surface area contributed by atoms with Gasteiger partial charge in [-0.2, -0.15) is 0 Å². The number of hydrogen-bond acceptors (Lipinski definition) is 2. The Hall–Kier alpha value is -0.570. The quantitative estimate of drug-likeness (QED) is 0.830. The number of benzene rings is 1. The molecule has 0 radical (unpaired) electrons. The van der Waals surface area contributed by atoms with Crippen molar-refractivity contribution < 1.29 is 0 Å². The largest absolute Gasteiger partial charge is 0.318 e. The minimum Gasteiger partial charge on any atom is -0.318 e. The van der Waals surface area contributed by atoms with Crippen LogP contribution in [0, 0.1) is 0 Å².